The molecule has 2 heterocycles. The molecule has 30 heteroatoms. The number of Topliss-reactive ketones (excluding diaryl/α,β-unsaturated/α-hetero) is 1. The first kappa shape index (κ1) is 75.5. The van der Waals surface area contributed by atoms with Crippen LogP contribution in [0, 0.1) is 0 Å². The molecule has 30 nitrogen and oxygen atoms in total. The molecule has 2 saturated heterocycles. The van der Waals surface area contributed by atoms with Crippen LogP contribution in [-0.2, 0) is 66.8 Å². The van der Waals surface area contributed by atoms with Gasteiger partial charge in [-0.1, -0.05) is 12.8 Å². The Balaban J connectivity index is 1.92. The third-order valence-corrected chi connectivity index (χ3v) is 13.9. The zero-order valence-corrected chi connectivity index (χ0v) is 49.2. The lowest BCUT2D eigenvalue weighted by Gasteiger charge is -2.42. The summed E-state index contributed by atoms with van der Waals surface area (Å²) in [7, 11) is 0. The van der Waals surface area contributed by atoms with Crippen molar-refractivity contribution in [3.8, 4) is 0 Å². The van der Waals surface area contributed by atoms with Gasteiger partial charge in [0.1, 0.15) is 66.9 Å². The first-order valence-electron chi connectivity index (χ1n) is 29.1. The minimum absolute atomic E-state index is 0.00680. The molecule has 16 N–H and O–H groups in total. The lowest BCUT2D eigenvalue weighted by molar-refractivity contribution is -0.270. The van der Waals surface area contributed by atoms with Crippen LogP contribution in [-0.4, -0.2) is 250 Å². The maximum atomic E-state index is 13.8. The van der Waals surface area contributed by atoms with Gasteiger partial charge >= 0.3 is 0 Å². The molecule has 0 bridgehead atoms. The molecule has 2 aliphatic heterocycles. The fourth-order valence-corrected chi connectivity index (χ4v) is 9.14. The molecule has 2 fully saturated rings. The molecule has 0 aromatic rings. The maximum Gasteiger partial charge on any atom is 0.243 e. The summed E-state index contributed by atoms with van der Waals surface area (Å²) < 4.78 is 33.9. The molecule has 0 radical (unpaired) electrons. The van der Waals surface area contributed by atoms with Crippen molar-refractivity contribution in [2.24, 2.45) is 0 Å². The van der Waals surface area contributed by atoms with Crippen LogP contribution in [0.25, 0.3) is 0 Å². The molecule has 0 aromatic heterocycles. The number of nitrogens with one attached hydrogen (secondary N) is 7. The SMILES string of the molecule is CC(=O)NC1C(OCCCCCC(=O)NCCCCC(NC(=O)C(CCCCNC(=O)CCCOC2OC(CO)C(O)C(O)C2NC(C)=O)NC(=O)CCCCCOC(OC(CO)[C@@H](C)O)[C@H](CO)NC(C)=O)C(C)=O)OC(CO)C(O)C1O. The van der Waals surface area contributed by atoms with Gasteiger partial charge in [0.05, 0.1) is 45.2 Å². The van der Waals surface area contributed by atoms with Gasteiger partial charge in [0.2, 0.25) is 41.4 Å². The van der Waals surface area contributed by atoms with Crippen LogP contribution in [0.3, 0.4) is 0 Å². The highest BCUT2D eigenvalue weighted by Crippen LogP contribution is 2.24. The van der Waals surface area contributed by atoms with Gasteiger partial charge in [0.15, 0.2) is 24.7 Å². The van der Waals surface area contributed by atoms with E-state index in [1.165, 1.54) is 34.6 Å². The average molecular weight is 1210 g/mol. The molecule has 84 heavy (non-hydrogen) atoms. The van der Waals surface area contributed by atoms with E-state index in [2.05, 4.69) is 37.2 Å². The topological polar surface area (TPSA) is 458 Å². The van der Waals surface area contributed by atoms with Crippen molar-refractivity contribution in [1.82, 2.24) is 37.2 Å². The van der Waals surface area contributed by atoms with Gasteiger partial charge in [-0.05, 0) is 84.5 Å². The summed E-state index contributed by atoms with van der Waals surface area (Å²) in [6.45, 7) is 4.80. The standard InChI is InChI=1S/C54H97N7O23/c1-31(66)36(17-10-12-22-55-42(71)19-8-6-15-25-80-53-45(58-34(4)69)49(76)47(74)40(29-64)83-53)61-51(78)37(60-44(73)20-9-7-14-24-79-52(38(27-62)57-33(3)68)82-39(28-63)32(2)67)18-11-13-23-56-43(72)21-16-26-81-54-46(59-35(5)70)50(77)48(75)41(30-65)84-54/h32,36-41,45-50,52-54,62-65,67,74-77H,6-30H2,1-5H3,(H,55,71)(H,56,72)(H,57,68)(H,58,69)(H,59,70)(H,60,73)(H,61,78)/t32-,36?,37?,38+,39?,40?,41?,45?,46?,47?,48?,49?,50?,52?,53?,54?/m1/s1. The predicted octanol–water partition coefficient (Wildman–Crippen LogP) is -4.46. The van der Waals surface area contributed by atoms with Gasteiger partial charge in [-0.25, -0.2) is 0 Å². The van der Waals surface area contributed by atoms with Crippen LogP contribution >= 0.6 is 0 Å². The Bertz CT molecular complexity index is 1960. The van der Waals surface area contributed by atoms with Crippen LogP contribution < -0.4 is 37.2 Å². The highest BCUT2D eigenvalue weighted by molar-refractivity contribution is 5.92. The van der Waals surface area contributed by atoms with Crippen molar-refractivity contribution < 1.29 is 113 Å². The Kier molecular flexibility index (Phi) is 37.9. The molecule has 16 atom stereocenters. The van der Waals surface area contributed by atoms with Gasteiger partial charge in [-0.2, -0.15) is 0 Å². The fraction of sp³-hybridized carbons (Fsp3) is 0.852. The summed E-state index contributed by atoms with van der Waals surface area (Å²) in [5.41, 5.74) is 0. The number of rotatable bonds is 44. The second kappa shape index (κ2) is 42.2. The third kappa shape index (κ3) is 29.2. The van der Waals surface area contributed by atoms with E-state index in [1.54, 1.807) is 0 Å². The van der Waals surface area contributed by atoms with Crippen molar-refractivity contribution in [2.75, 3.05) is 59.3 Å². The average Bonchev–Trinajstić information content (AvgIpc) is 2.99. The predicted molar refractivity (Wildman–Crippen MR) is 295 cm³/mol. The number of ketones is 1. The smallest absolute Gasteiger partial charge is 0.243 e. The zero-order chi connectivity index (χ0) is 62.7. The molecule has 2 rings (SSSR count). The van der Waals surface area contributed by atoms with Crippen LogP contribution in [0.2, 0.25) is 0 Å². The summed E-state index contributed by atoms with van der Waals surface area (Å²) >= 11 is 0. The zero-order valence-electron chi connectivity index (χ0n) is 49.2. The minimum Gasteiger partial charge on any atom is -0.394 e. The molecule has 0 saturated carbocycles. The van der Waals surface area contributed by atoms with Crippen LogP contribution in [0.5, 0.6) is 0 Å². The van der Waals surface area contributed by atoms with E-state index in [1.807, 2.05) is 0 Å². The maximum absolute atomic E-state index is 13.8. The number of carbonyl (C=O) groups is 8. The van der Waals surface area contributed by atoms with Gasteiger partial charge in [0, 0.05) is 66.3 Å². The van der Waals surface area contributed by atoms with Gasteiger partial charge in [0.25, 0.3) is 0 Å². The molecular weight excluding hydrogens is 1110 g/mol. The molecule has 0 aromatic carbocycles. The lowest BCUT2D eigenvalue weighted by Crippen LogP contribution is -2.64. The number of hydrogen-bond donors (Lipinski definition) is 16. The second-order valence-corrected chi connectivity index (χ2v) is 21.1. The number of amides is 7. The first-order valence-corrected chi connectivity index (χ1v) is 29.1. The van der Waals surface area contributed by atoms with E-state index in [4.69, 9.17) is 28.4 Å². The normalized spacial score (nSPS) is 24.5. The van der Waals surface area contributed by atoms with E-state index in [-0.39, 0.29) is 82.5 Å². The molecule has 14 unspecified atom stereocenters. The Morgan fingerprint density at radius 1 is 0.512 bits per heavy atom. The molecular formula is C54H97N7O23. The van der Waals surface area contributed by atoms with Crippen molar-refractivity contribution in [3.05, 3.63) is 0 Å². The van der Waals surface area contributed by atoms with Crippen molar-refractivity contribution in [1.29, 1.82) is 0 Å². The fourth-order valence-electron chi connectivity index (χ4n) is 9.14. The van der Waals surface area contributed by atoms with E-state index in [0.29, 0.717) is 70.8 Å². The monoisotopic (exact) mass is 1210 g/mol. The molecule has 0 aliphatic carbocycles. The molecule has 7 amide bonds. The third-order valence-electron chi connectivity index (χ3n) is 13.9. The largest absolute Gasteiger partial charge is 0.394 e. The van der Waals surface area contributed by atoms with Gasteiger partial charge in [-0.3, -0.25) is 38.4 Å². The summed E-state index contributed by atoms with van der Waals surface area (Å²) in [5, 5.41) is 109. The second-order valence-electron chi connectivity index (χ2n) is 21.1. The van der Waals surface area contributed by atoms with Gasteiger partial charge in [-0.15, -0.1) is 0 Å². The first-order chi connectivity index (χ1) is 40.0. The number of aliphatic hydroxyl groups is 9. The molecule has 486 valence electrons. The van der Waals surface area contributed by atoms with Crippen LogP contribution in [0.4, 0.5) is 0 Å². The Morgan fingerprint density at radius 2 is 0.988 bits per heavy atom. The number of unbranched alkanes of at least 4 members (excludes halogenated alkanes) is 6. The van der Waals surface area contributed by atoms with Crippen molar-refractivity contribution in [2.45, 2.75) is 235 Å². The van der Waals surface area contributed by atoms with Crippen molar-refractivity contribution in [3.63, 3.8) is 0 Å². The summed E-state index contributed by atoms with van der Waals surface area (Å²) in [6.07, 6.45) is -8.43. The number of carbonyl (C=O) groups excluding carboxylic acids is 8. The molecule has 0 spiro atoms. The quantitative estimate of drug-likeness (QED) is 0.0202. The number of hydrogen-bond acceptors (Lipinski definition) is 23. The van der Waals surface area contributed by atoms with Gasteiger partial charge < -0.3 is 112 Å². The Morgan fingerprint density at radius 3 is 1.44 bits per heavy atom. The summed E-state index contributed by atoms with van der Waals surface area (Å²) in [5.74, 6) is -3.35. The van der Waals surface area contributed by atoms with E-state index >= 15 is 0 Å². The number of aliphatic hydroxyl groups excluding tert-OH is 9. The Hall–Kier alpha value is -4.64. The Labute approximate surface area is 490 Å². The summed E-state index contributed by atoms with van der Waals surface area (Å²) in [4.78, 5) is 100. The molecule has 2 aliphatic rings. The summed E-state index contributed by atoms with van der Waals surface area (Å²) in [6, 6.07) is -5.17. The minimum atomic E-state index is -1.49. The van der Waals surface area contributed by atoms with Crippen LogP contribution in [0.1, 0.15) is 137 Å². The van der Waals surface area contributed by atoms with Crippen molar-refractivity contribution >= 4 is 47.1 Å². The van der Waals surface area contributed by atoms with E-state index in [9.17, 15) is 84.3 Å². The highest BCUT2D eigenvalue weighted by atomic mass is 16.7. The van der Waals surface area contributed by atoms with Crippen LogP contribution in [0.15, 0.2) is 0 Å². The highest BCUT2D eigenvalue weighted by Gasteiger charge is 2.46. The van der Waals surface area contributed by atoms with E-state index < -0.39 is 154 Å². The van der Waals surface area contributed by atoms with E-state index in [0.717, 1.165) is 0 Å². The number of ether oxygens (including phenoxy) is 6. The lowest BCUT2D eigenvalue weighted by atomic mass is 9.97.